The fraction of sp³-hybridized carbons (Fsp3) is 0.381. The van der Waals surface area contributed by atoms with E-state index in [0.717, 1.165) is 16.2 Å². The zero-order chi connectivity index (χ0) is 20.9. The minimum Gasteiger partial charge on any atom is -0.496 e. The van der Waals surface area contributed by atoms with Crippen molar-refractivity contribution in [1.82, 2.24) is 9.62 Å². The van der Waals surface area contributed by atoms with Gasteiger partial charge in [-0.2, -0.15) is 4.31 Å². The number of quaternary nitrogens is 1. The molecule has 1 fully saturated rings. The third-order valence-electron chi connectivity index (χ3n) is 5.40. The lowest BCUT2D eigenvalue weighted by atomic mass is 10.2. The van der Waals surface area contributed by atoms with Crippen LogP contribution in [-0.4, -0.2) is 58.0 Å². The standard InChI is InChI=1S/C21H27N3O4S/c1-17(21(25)22-16-18-8-6-7-11-20(18)28-2)23-12-14-24(15-13-23)29(26,27)19-9-4-3-5-10-19/h3-11,17H,12-16H2,1-2H3,(H,22,25)/p+1/t17-/m1/s1. The maximum Gasteiger partial charge on any atom is 0.278 e. The van der Waals surface area contributed by atoms with Crippen molar-refractivity contribution in [3.05, 3.63) is 60.2 Å². The summed E-state index contributed by atoms with van der Waals surface area (Å²) in [5.74, 6) is 0.692. The number of para-hydroxylation sites is 1. The van der Waals surface area contributed by atoms with E-state index in [1.165, 1.54) is 4.31 Å². The maximum absolute atomic E-state index is 12.7. The van der Waals surface area contributed by atoms with E-state index in [0.29, 0.717) is 37.6 Å². The van der Waals surface area contributed by atoms with Crippen molar-refractivity contribution in [3.8, 4) is 5.75 Å². The van der Waals surface area contributed by atoms with Crippen LogP contribution in [0, 0.1) is 0 Å². The molecule has 2 aromatic carbocycles. The van der Waals surface area contributed by atoms with E-state index < -0.39 is 10.0 Å². The number of carbonyl (C=O) groups is 1. The fourth-order valence-corrected chi connectivity index (χ4v) is 5.02. The van der Waals surface area contributed by atoms with Gasteiger partial charge in [0.05, 0.1) is 38.2 Å². The average molecular weight is 419 g/mol. The first-order valence-corrected chi connectivity index (χ1v) is 11.2. The van der Waals surface area contributed by atoms with Crippen molar-refractivity contribution >= 4 is 15.9 Å². The Kier molecular flexibility index (Phi) is 6.89. The topological polar surface area (TPSA) is 80.2 Å². The normalized spacial score (nSPS) is 16.9. The molecule has 0 radical (unpaired) electrons. The van der Waals surface area contributed by atoms with Crippen LogP contribution in [0.3, 0.4) is 0 Å². The summed E-state index contributed by atoms with van der Waals surface area (Å²) in [7, 11) is -1.87. The Morgan fingerprint density at radius 3 is 2.38 bits per heavy atom. The Balaban J connectivity index is 1.54. The number of piperazine rings is 1. The predicted octanol–water partition coefficient (Wildman–Crippen LogP) is 0.289. The first kappa shape index (κ1) is 21.3. The second kappa shape index (κ2) is 9.39. The molecule has 1 heterocycles. The molecule has 1 saturated heterocycles. The Morgan fingerprint density at radius 1 is 1.10 bits per heavy atom. The molecule has 1 atom stereocenters. The molecule has 0 bridgehead atoms. The van der Waals surface area contributed by atoms with Gasteiger partial charge in [0.15, 0.2) is 6.04 Å². The van der Waals surface area contributed by atoms with Gasteiger partial charge in [-0.25, -0.2) is 8.42 Å². The van der Waals surface area contributed by atoms with E-state index in [1.807, 2.05) is 31.2 Å². The smallest absolute Gasteiger partial charge is 0.278 e. The highest BCUT2D eigenvalue weighted by Gasteiger charge is 2.34. The van der Waals surface area contributed by atoms with E-state index in [4.69, 9.17) is 4.74 Å². The highest BCUT2D eigenvalue weighted by atomic mass is 32.2. The molecule has 156 valence electrons. The van der Waals surface area contributed by atoms with Crippen molar-refractivity contribution in [1.29, 1.82) is 0 Å². The fourth-order valence-electron chi connectivity index (χ4n) is 3.56. The Morgan fingerprint density at radius 2 is 1.72 bits per heavy atom. The molecule has 0 unspecified atom stereocenters. The second-order valence-electron chi connectivity index (χ2n) is 7.13. The molecule has 29 heavy (non-hydrogen) atoms. The number of sulfonamides is 1. The van der Waals surface area contributed by atoms with Gasteiger partial charge in [-0.05, 0) is 25.1 Å². The summed E-state index contributed by atoms with van der Waals surface area (Å²) in [6.45, 7) is 4.27. The van der Waals surface area contributed by atoms with Gasteiger partial charge in [0, 0.05) is 12.1 Å². The van der Waals surface area contributed by atoms with Crippen LogP contribution in [0.1, 0.15) is 12.5 Å². The number of carbonyl (C=O) groups excluding carboxylic acids is 1. The first-order valence-electron chi connectivity index (χ1n) is 9.73. The molecule has 0 saturated carbocycles. The minimum atomic E-state index is -3.48. The number of ether oxygens (including phenoxy) is 1. The zero-order valence-corrected chi connectivity index (χ0v) is 17.6. The third kappa shape index (κ3) is 4.95. The number of amides is 1. The molecule has 1 amide bonds. The Bertz CT molecular complexity index is 926. The lowest BCUT2D eigenvalue weighted by Crippen LogP contribution is -3.19. The molecular formula is C21H28N3O4S+. The summed E-state index contributed by atoms with van der Waals surface area (Å²) >= 11 is 0. The summed E-state index contributed by atoms with van der Waals surface area (Å²) < 4.78 is 32.3. The minimum absolute atomic E-state index is 0.0507. The Hall–Kier alpha value is -2.42. The molecule has 8 heteroatoms. The second-order valence-corrected chi connectivity index (χ2v) is 9.06. The van der Waals surface area contributed by atoms with Gasteiger partial charge in [-0.3, -0.25) is 4.79 Å². The lowest BCUT2D eigenvalue weighted by Gasteiger charge is -2.34. The van der Waals surface area contributed by atoms with Crippen LogP contribution in [-0.2, 0) is 21.4 Å². The zero-order valence-electron chi connectivity index (χ0n) is 16.8. The van der Waals surface area contributed by atoms with Crippen molar-refractivity contribution in [2.24, 2.45) is 0 Å². The third-order valence-corrected chi connectivity index (χ3v) is 7.31. The van der Waals surface area contributed by atoms with E-state index in [1.54, 1.807) is 37.4 Å². The Labute approximate surface area is 172 Å². The number of nitrogens with one attached hydrogen (secondary N) is 2. The summed E-state index contributed by atoms with van der Waals surface area (Å²) in [5.41, 5.74) is 0.921. The summed E-state index contributed by atoms with van der Waals surface area (Å²) in [4.78, 5) is 14.0. The van der Waals surface area contributed by atoms with Gasteiger partial charge >= 0.3 is 0 Å². The van der Waals surface area contributed by atoms with Crippen LogP contribution in [0.2, 0.25) is 0 Å². The molecule has 0 aliphatic carbocycles. The predicted molar refractivity (Wildman–Crippen MR) is 110 cm³/mol. The number of hydrogen-bond donors (Lipinski definition) is 2. The van der Waals surface area contributed by atoms with E-state index in [9.17, 15) is 13.2 Å². The lowest BCUT2D eigenvalue weighted by molar-refractivity contribution is -0.917. The van der Waals surface area contributed by atoms with Crippen LogP contribution >= 0.6 is 0 Å². The molecule has 0 aromatic heterocycles. The van der Waals surface area contributed by atoms with Crippen molar-refractivity contribution in [2.75, 3.05) is 33.3 Å². The molecule has 2 N–H and O–H groups in total. The molecule has 2 aromatic rings. The van der Waals surface area contributed by atoms with E-state index in [-0.39, 0.29) is 11.9 Å². The van der Waals surface area contributed by atoms with Gasteiger partial charge < -0.3 is 15.0 Å². The van der Waals surface area contributed by atoms with Gasteiger partial charge in [-0.15, -0.1) is 0 Å². The molecular weight excluding hydrogens is 390 g/mol. The highest BCUT2D eigenvalue weighted by Crippen LogP contribution is 2.17. The number of rotatable bonds is 7. The van der Waals surface area contributed by atoms with E-state index in [2.05, 4.69) is 5.32 Å². The maximum atomic E-state index is 12.7. The number of methoxy groups -OCH3 is 1. The monoisotopic (exact) mass is 418 g/mol. The van der Waals surface area contributed by atoms with Crippen molar-refractivity contribution in [3.63, 3.8) is 0 Å². The molecule has 0 spiro atoms. The van der Waals surface area contributed by atoms with Gasteiger partial charge in [0.2, 0.25) is 10.0 Å². The summed E-state index contributed by atoms with van der Waals surface area (Å²) in [5, 5.41) is 2.97. The van der Waals surface area contributed by atoms with Crippen LogP contribution in [0.4, 0.5) is 0 Å². The first-order chi connectivity index (χ1) is 13.9. The largest absolute Gasteiger partial charge is 0.496 e. The van der Waals surface area contributed by atoms with Gasteiger partial charge in [0.25, 0.3) is 5.91 Å². The summed E-state index contributed by atoms with van der Waals surface area (Å²) in [6, 6.07) is 15.8. The highest BCUT2D eigenvalue weighted by molar-refractivity contribution is 7.89. The average Bonchev–Trinajstić information content (AvgIpc) is 2.77. The van der Waals surface area contributed by atoms with Crippen molar-refractivity contribution in [2.45, 2.75) is 24.4 Å². The van der Waals surface area contributed by atoms with Gasteiger partial charge in [-0.1, -0.05) is 36.4 Å². The molecule has 7 nitrogen and oxygen atoms in total. The SMILES string of the molecule is COc1ccccc1CNC(=O)[C@@H](C)[NH+]1CCN(S(=O)(=O)c2ccccc2)CC1. The van der Waals surface area contributed by atoms with Crippen LogP contribution in [0.15, 0.2) is 59.5 Å². The summed E-state index contributed by atoms with van der Waals surface area (Å²) in [6.07, 6.45) is 0. The quantitative estimate of drug-likeness (QED) is 0.677. The molecule has 3 rings (SSSR count). The van der Waals surface area contributed by atoms with Crippen LogP contribution in [0.25, 0.3) is 0 Å². The number of hydrogen-bond acceptors (Lipinski definition) is 4. The number of nitrogens with zero attached hydrogens (tertiary/aromatic N) is 1. The van der Waals surface area contributed by atoms with Gasteiger partial charge in [0.1, 0.15) is 5.75 Å². The van der Waals surface area contributed by atoms with Crippen molar-refractivity contribution < 1.29 is 22.8 Å². The van der Waals surface area contributed by atoms with Crippen LogP contribution < -0.4 is 15.0 Å². The van der Waals surface area contributed by atoms with E-state index >= 15 is 0 Å². The van der Waals surface area contributed by atoms with Crippen LogP contribution in [0.5, 0.6) is 5.75 Å². The number of benzene rings is 2. The molecule has 1 aliphatic rings. The molecule has 1 aliphatic heterocycles.